The zero-order valence-corrected chi connectivity index (χ0v) is 26.2. The summed E-state index contributed by atoms with van der Waals surface area (Å²) in [5.41, 5.74) is 12.8. The van der Waals surface area contributed by atoms with Crippen molar-refractivity contribution < 1.29 is 18.6 Å². The predicted molar refractivity (Wildman–Crippen MR) is 174 cm³/mol. The highest BCUT2D eigenvalue weighted by Gasteiger charge is 2.58. The number of fused-ring (bicyclic) bond motifs is 10. The molecule has 1 spiro atoms. The molecule has 2 heterocycles. The predicted octanol–water partition coefficient (Wildman–Crippen LogP) is 6.62. The molecule has 6 heteroatoms. The Morgan fingerprint density at radius 2 is 1.21 bits per heavy atom. The molecular weight excluding hydrogens is 530 g/mol. The van der Waals surface area contributed by atoms with Crippen molar-refractivity contribution in [1.29, 1.82) is 0 Å². The van der Waals surface area contributed by atoms with Crippen molar-refractivity contribution in [3.8, 4) is 11.1 Å². The molecule has 4 nitrogen and oxygen atoms in total. The molecule has 3 aromatic carbocycles. The molecule has 2 atom stereocenters. The SMILES string of the molecule is CC(C)(C)c1ccc2c(c1)C1(c3cc(C(C)(C)C)ccc3-2)c2cc(B3OCCO3)ccc2C2C=CC(B3OCCO3)=CC21. The second-order valence-electron chi connectivity index (χ2n) is 14.9. The monoisotopic (exact) mass is 570 g/mol. The average molecular weight is 570 g/mol. The average Bonchev–Trinajstić information content (AvgIpc) is 3.79. The quantitative estimate of drug-likeness (QED) is 0.325. The highest BCUT2D eigenvalue weighted by Crippen LogP contribution is 2.66. The van der Waals surface area contributed by atoms with Gasteiger partial charge < -0.3 is 18.6 Å². The highest BCUT2D eigenvalue weighted by atomic mass is 16.6. The van der Waals surface area contributed by atoms with Gasteiger partial charge in [-0.2, -0.15) is 0 Å². The van der Waals surface area contributed by atoms with Crippen LogP contribution in [0.1, 0.15) is 80.8 Å². The molecule has 5 aliphatic rings. The third kappa shape index (κ3) is 4.06. The van der Waals surface area contributed by atoms with Crippen molar-refractivity contribution in [3.63, 3.8) is 0 Å². The Labute approximate surface area is 256 Å². The molecule has 218 valence electrons. The largest absolute Gasteiger partial charge is 0.494 e. The lowest BCUT2D eigenvalue weighted by atomic mass is 9.61. The summed E-state index contributed by atoms with van der Waals surface area (Å²) in [6.45, 7) is 16.4. The van der Waals surface area contributed by atoms with E-state index in [0.717, 1.165) is 10.9 Å². The summed E-state index contributed by atoms with van der Waals surface area (Å²) >= 11 is 0. The molecular formula is C37H40B2O4. The zero-order valence-electron chi connectivity index (χ0n) is 26.2. The molecule has 3 aliphatic carbocycles. The van der Waals surface area contributed by atoms with Crippen LogP contribution < -0.4 is 5.46 Å². The summed E-state index contributed by atoms with van der Waals surface area (Å²) in [6, 6.07) is 21.4. The van der Waals surface area contributed by atoms with E-state index in [4.69, 9.17) is 18.6 Å². The maximum atomic E-state index is 6.05. The molecule has 2 unspecified atom stereocenters. The number of allylic oxidation sites excluding steroid dienone is 4. The Hall–Kier alpha value is -2.89. The van der Waals surface area contributed by atoms with Gasteiger partial charge in [0.05, 0.1) is 31.8 Å². The van der Waals surface area contributed by atoms with Crippen LogP contribution in [0.15, 0.2) is 78.3 Å². The number of hydrogen-bond acceptors (Lipinski definition) is 4. The Balaban J connectivity index is 1.46. The van der Waals surface area contributed by atoms with E-state index in [1.165, 1.54) is 44.5 Å². The van der Waals surface area contributed by atoms with E-state index in [0.29, 0.717) is 26.4 Å². The first kappa shape index (κ1) is 27.6. The van der Waals surface area contributed by atoms with E-state index in [1.54, 1.807) is 0 Å². The van der Waals surface area contributed by atoms with Crippen molar-refractivity contribution >= 4 is 19.7 Å². The lowest BCUT2D eigenvalue weighted by molar-refractivity contribution is 0.365. The van der Waals surface area contributed by atoms with E-state index in [9.17, 15) is 0 Å². The van der Waals surface area contributed by atoms with E-state index >= 15 is 0 Å². The number of rotatable bonds is 2. The van der Waals surface area contributed by atoms with Gasteiger partial charge in [0.1, 0.15) is 0 Å². The number of hydrogen-bond donors (Lipinski definition) is 0. The van der Waals surface area contributed by atoms with Crippen LogP contribution in [0.3, 0.4) is 0 Å². The van der Waals surface area contributed by atoms with Crippen molar-refractivity contribution in [1.82, 2.24) is 0 Å². The Kier molecular flexibility index (Phi) is 6.14. The van der Waals surface area contributed by atoms with Crippen LogP contribution in [0.4, 0.5) is 0 Å². The van der Waals surface area contributed by atoms with Gasteiger partial charge in [-0.15, -0.1) is 0 Å². The smallest absolute Gasteiger partial charge is 0.405 e. The van der Waals surface area contributed by atoms with Gasteiger partial charge in [-0.05, 0) is 66.3 Å². The molecule has 43 heavy (non-hydrogen) atoms. The van der Waals surface area contributed by atoms with Gasteiger partial charge in [-0.1, -0.05) is 114 Å². The lowest BCUT2D eigenvalue weighted by Crippen LogP contribution is -2.37. The molecule has 0 radical (unpaired) electrons. The van der Waals surface area contributed by atoms with Gasteiger partial charge >= 0.3 is 14.2 Å². The first-order chi connectivity index (χ1) is 20.6. The van der Waals surface area contributed by atoms with Crippen molar-refractivity contribution in [2.24, 2.45) is 5.92 Å². The standard InChI is InChI=1S/C37H40B2O4/c1-35(2,3)23-7-11-27-28-12-8-24(36(4,5)6)20-32(28)37(31(27)19-23)33-21-25(38-40-15-16-41-38)9-13-29(33)30-14-10-26(22-34(30)37)39-42-17-18-43-39/h7-14,19-22,29,33H,15-18H2,1-6H3. The molecule has 0 N–H and O–H groups in total. The van der Waals surface area contributed by atoms with Crippen LogP contribution in [0.2, 0.25) is 0 Å². The first-order valence-electron chi connectivity index (χ1n) is 15.9. The van der Waals surface area contributed by atoms with Crippen LogP contribution >= 0.6 is 0 Å². The number of benzene rings is 3. The van der Waals surface area contributed by atoms with Crippen molar-refractivity contribution in [3.05, 3.63) is 112 Å². The third-order valence-corrected chi connectivity index (χ3v) is 10.3. The Morgan fingerprint density at radius 3 is 1.77 bits per heavy atom. The summed E-state index contributed by atoms with van der Waals surface area (Å²) in [7, 11) is -0.634. The lowest BCUT2D eigenvalue weighted by Gasteiger charge is -2.38. The van der Waals surface area contributed by atoms with E-state index in [2.05, 4.69) is 114 Å². The maximum absolute atomic E-state index is 6.05. The van der Waals surface area contributed by atoms with E-state index in [-0.39, 0.29) is 42.3 Å². The first-order valence-corrected chi connectivity index (χ1v) is 15.9. The second-order valence-corrected chi connectivity index (χ2v) is 14.9. The van der Waals surface area contributed by atoms with Gasteiger partial charge in [-0.25, -0.2) is 0 Å². The van der Waals surface area contributed by atoms with Crippen LogP contribution in [-0.4, -0.2) is 40.7 Å². The van der Waals surface area contributed by atoms with Gasteiger partial charge in [0.15, 0.2) is 0 Å². The molecule has 2 aliphatic heterocycles. The summed E-state index contributed by atoms with van der Waals surface area (Å²) in [4.78, 5) is 0. The molecule has 2 saturated heterocycles. The fraction of sp³-hybridized carbons (Fsp3) is 0.405. The fourth-order valence-corrected chi connectivity index (χ4v) is 8.12. The summed E-state index contributed by atoms with van der Waals surface area (Å²) in [5, 5.41) is 0. The summed E-state index contributed by atoms with van der Waals surface area (Å²) in [5.74, 6) is 0.399. The molecule has 0 bridgehead atoms. The summed E-state index contributed by atoms with van der Waals surface area (Å²) in [6.07, 6.45) is 7.13. The summed E-state index contributed by atoms with van der Waals surface area (Å²) < 4.78 is 24.2. The molecule has 0 aromatic heterocycles. The molecule has 3 aromatic rings. The Morgan fingerprint density at radius 1 is 0.651 bits per heavy atom. The van der Waals surface area contributed by atoms with E-state index in [1.807, 2.05) is 0 Å². The molecule has 8 rings (SSSR count). The van der Waals surface area contributed by atoms with Gasteiger partial charge in [0, 0.05) is 11.8 Å². The van der Waals surface area contributed by atoms with Crippen LogP contribution in [0, 0.1) is 5.92 Å². The minimum absolute atomic E-state index is 0.0226. The normalized spacial score (nSPS) is 23.4. The fourth-order valence-electron chi connectivity index (χ4n) is 8.12. The van der Waals surface area contributed by atoms with Gasteiger partial charge in [0.25, 0.3) is 0 Å². The maximum Gasteiger partial charge on any atom is 0.494 e. The zero-order chi connectivity index (χ0) is 29.7. The minimum Gasteiger partial charge on any atom is -0.405 e. The van der Waals surface area contributed by atoms with Gasteiger partial charge in [-0.3, -0.25) is 0 Å². The van der Waals surface area contributed by atoms with Crippen LogP contribution in [-0.2, 0) is 34.9 Å². The third-order valence-electron chi connectivity index (χ3n) is 10.3. The second kappa shape index (κ2) is 9.55. The molecule has 2 fully saturated rings. The van der Waals surface area contributed by atoms with Gasteiger partial charge in [0.2, 0.25) is 0 Å². The topological polar surface area (TPSA) is 36.9 Å². The van der Waals surface area contributed by atoms with Crippen molar-refractivity contribution in [2.75, 3.05) is 26.4 Å². The van der Waals surface area contributed by atoms with Crippen LogP contribution in [0.25, 0.3) is 11.1 Å². The molecule has 0 saturated carbocycles. The van der Waals surface area contributed by atoms with Crippen molar-refractivity contribution in [2.45, 2.75) is 63.7 Å². The van der Waals surface area contributed by atoms with E-state index < -0.39 is 0 Å². The minimum atomic E-state index is -0.379. The highest BCUT2D eigenvalue weighted by molar-refractivity contribution is 6.61. The molecule has 0 amide bonds. The van der Waals surface area contributed by atoms with Crippen LogP contribution in [0.5, 0.6) is 0 Å². The Bertz CT molecular complexity index is 1620.